The van der Waals surface area contributed by atoms with Gasteiger partial charge in [-0.1, -0.05) is 26.0 Å². The second-order valence-corrected chi connectivity index (χ2v) is 7.50. The first-order chi connectivity index (χ1) is 14.3. The molecule has 7 nitrogen and oxygen atoms in total. The number of nitrogens with one attached hydrogen (secondary N) is 1. The minimum Gasteiger partial charge on any atom is -0.496 e. The predicted octanol–water partition coefficient (Wildman–Crippen LogP) is 3.04. The van der Waals surface area contributed by atoms with E-state index < -0.39 is 11.5 Å². The third kappa shape index (κ3) is 4.53. The van der Waals surface area contributed by atoms with Crippen LogP contribution >= 0.6 is 0 Å². The van der Waals surface area contributed by atoms with Gasteiger partial charge < -0.3 is 25.3 Å². The molecule has 1 atom stereocenters. The topological polar surface area (TPSA) is 115 Å². The summed E-state index contributed by atoms with van der Waals surface area (Å²) in [6, 6.07) is 11.8. The SMILES string of the molecule is COc1ccc2cc(C(=O)Nc3ccc(C[C@@H](N)CO)cc3)c(=O)oc2c1C(C)C. The molecule has 0 saturated heterocycles. The maximum Gasteiger partial charge on any atom is 0.349 e. The van der Waals surface area contributed by atoms with Crippen molar-refractivity contribution in [1.29, 1.82) is 0 Å². The van der Waals surface area contributed by atoms with E-state index in [4.69, 9.17) is 20.0 Å². The van der Waals surface area contributed by atoms with Gasteiger partial charge in [0, 0.05) is 22.7 Å². The zero-order valence-corrected chi connectivity index (χ0v) is 17.3. The molecular formula is C23H26N2O5. The number of nitrogens with two attached hydrogens (primary N) is 1. The van der Waals surface area contributed by atoms with Crippen LogP contribution in [0.25, 0.3) is 11.0 Å². The third-order valence-electron chi connectivity index (χ3n) is 4.89. The summed E-state index contributed by atoms with van der Waals surface area (Å²) in [7, 11) is 1.57. The van der Waals surface area contributed by atoms with Gasteiger partial charge in [-0.25, -0.2) is 4.79 Å². The summed E-state index contributed by atoms with van der Waals surface area (Å²) >= 11 is 0. The zero-order valence-electron chi connectivity index (χ0n) is 17.3. The summed E-state index contributed by atoms with van der Waals surface area (Å²) < 4.78 is 10.9. The molecule has 0 aliphatic heterocycles. The summed E-state index contributed by atoms with van der Waals surface area (Å²) in [6.07, 6.45) is 0.528. The number of aliphatic hydroxyl groups is 1. The molecule has 7 heteroatoms. The number of methoxy groups -OCH3 is 1. The molecule has 1 aromatic heterocycles. The van der Waals surface area contributed by atoms with Crippen molar-refractivity contribution in [2.24, 2.45) is 5.73 Å². The van der Waals surface area contributed by atoms with Gasteiger partial charge in [0.2, 0.25) is 0 Å². The predicted molar refractivity (Wildman–Crippen MR) is 116 cm³/mol. The number of ether oxygens (including phenoxy) is 1. The normalized spacial score (nSPS) is 12.2. The fourth-order valence-corrected chi connectivity index (χ4v) is 3.36. The average molecular weight is 410 g/mol. The highest BCUT2D eigenvalue weighted by molar-refractivity contribution is 6.05. The monoisotopic (exact) mass is 410 g/mol. The fraction of sp³-hybridized carbons (Fsp3) is 0.304. The van der Waals surface area contributed by atoms with Crippen molar-refractivity contribution in [2.75, 3.05) is 19.0 Å². The molecule has 3 aromatic rings. The van der Waals surface area contributed by atoms with E-state index in [1.807, 2.05) is 26.0 Å². The van der Waals surface area contributed by atoms with E-state index >= 15 is 0 Å². The Hall–Kier alpha value is -3.16. The molecule has 1 amide bonds. The highest BCUT2D eigenvalue weighted by atomic mass is 16.5. The van der Waals surface area contributed by atoms with Crippen LogP contribution in [0.4, 0.5) is 5.69 Å². The van der Waals surface area contributed by atoms with Gasteiger partial charge in [0.05, 0.1) is 13.7 Å². The zero-order chi connectivity index (χ0) is 21.8. The standard InChI is InChI=1S/C23H26N2O5/c1-13(2)20-19(29-3)9-6-15-11-18(23(28)30-21(15)20)22(27)25-17-7-4-14(5-8-17)10-16(24)12-26/h4-9,11,13,16,26H,10,12,24H2,1-3H3,(H,25,27)/t16-/m1/s1. The van der Waals surface area contributed by atoms with Crippen LogP contribution in [-0.2, 0) is 6.42 Å². The van der Waals surface area contributed by atoms with Crippen LogP contribution in [0.15, 0.2) is 51.7 Å². The molecule has 0 aliphatic carbocycles. The first-order valence-corrected chi connectivity index (χ1v) is 9.75. The minimum atomic E-state index is -0.708. The van der Waals surface area contributed by atoms with Crippen molar-refractivity contribution in [3.63, 3.8) is 0 Å². The van der Waals surface area contributed by atoms with Crippen molar-refractivity contribution in [1.82, 2.24) is 0 Å². The van der Waals surface area contributed by atoms with Gasteiger partial charge in [0.15, 0.2) is 0 Å². The van der Waals surface area contributed by atoms with Crippen LogP contribution in [0.3, 0.4) is 0 Å². The number of anilines is 1. The Kier molecular flexibility index (Phi) is 6.54. The summed E-state index contributed by atoms with van der Waals surface area (Å²) in [5.41, 5.74) is 7.65. The van der Waals surface area contributed by atoms with Crippen LogP contribution in [0.1, 0.15) is 41.3 Å². The Morgan fingerprint density at radius 1 is 1.20 bits per heavy atom. The molecule has 3 rings (SSSR count). The molecule has 0 spiro atoms. The minimum absolute atomic E-state index is 0.0731. The molecule has 0 unspecified atom stereocenters. The lowest BCUT2D eigenvalue weighted by molar-refractivity contribution is 0.102. The van der Waals surface area contributed by atoms with E-state index in [0.29, 0.717) is 28.8 Å². The Labute approximate surface area is 174 Å². The molecule has 158 valence electrons. The first kappa shape index (κ1) is 21.5. The van der Waals surface area contributed by atoms with Gasteiger partial charge in [0.1, 0.15) is 16.9 Å². The van der Waals surface area contributed by atoms with Crippen molar-refractivity contribution in [3.05, 3.63) is 69.6 Å². The molecule has 4 N–H and O–H groups in total. The Bertz CT molecular complexity index is 1100. The van der Waals surface area contributed by atoms with E-state index in [1.165, 1.54) is 6.07 Å². The Morgan fingerprint density at radius 2 is 1.90 bits per heavy atom. The smallest absolute Gasteiger partial charge is 0.349 e. The summed E-state index contributed by atoms with van der Waals surface area (Å²) in [5.74, 6) is 0.162. The molecular weight excluding hydrogens is 384 g/mol. The van der Waals surface area contributed by atoms with E-state index in [1.54, 1.807) is 31.4 Å². The third-order valence-corrected chi connectivity index (χ3v) is 4.89. The fourth-order valence-electron chi connectivity index (χ4n) is 3.36. The summed E-state index contributed by atoms with van der Waals surface area (Å²) in [4.78, 5) is 25.2. The second-order valence-electron chi connectivity index (χ2n) is 7.50. The van der Waals surface area contributed by atoms with Crippen molar-refractivity contribution >= 4 is 22.6 Å². The van der Waals surface area contributed by atoms with Gasteiger partial charge in [-0.15, -0.1) is 0 Å². The molecule has 0 radical (unpaired) electrons. The molecule has 30 heavy (non-hydrogen) atoms. The first-order valence-electron chi connectivity index (χ1n) is 9.75. The van der Waals surface area contributed by atoms with Crippen LogP contribution < -0.4 is 21.4 Å². The Balaban J connectivity index is 1.88. The highest BCUT2D eigenvalue weighted by Gasteiger charge is 2.19. The number of benzene rings is 2. The number of carbonyl (C=O) groups excluding carboxylic acids is 1. The lowest BCUT2D eigenvalue weighted by Gasteiger charge is -2.14. The summed E-state index contributed by atoms with van der Waals surface area (Å²) in [5, 5.41) is 12.4. The van der Waals surface area contributed by atoms with Crippen molar-refractivity contribution < 1.29 is 19.1 Å². The number of aliphatic hydroxyl groups excluding tert-OH is 1. The molecule has 0 bridgehead atoms. The number of carbonyl (C=O) groups is 1. The number of hydrogen-bond donors (Lipinski definition) is 3. The van der Waals surface area contributed by atoms with Crippen molar-refractivity contribution in [2.45, 2.75) is 32.2 Å². The summed E-state index contributed by atoms with van der Waals surface area (Å²) in [6.45, 7) is 3.87. The molecule has 0 fully saturated rings. The quantitative estimate of drug-likeness (QED) is 0.516. The van der Waals surface area contributed by atoms with Gasteiger partial charge in [-0.05, 0) is 48.2 Å². The highest BCUT2D eigenvalue weighted by Crippen LogP contribution is 2.33. The van der Waals surface area contributed by atoms with E-state index in [9.17, 15) is 9.59 Å². The van der Waals surface area contributed by atoms with Gasteiger partial charge >= 0.3 is 5.63 Å². The number of hydrogen-bond acceptors (Lipinski definition) is 6. The second kappa shape index (κ2) is 9.11. The van der Waals surface area contributed by atoms with Gasteiger partial charge in [-0.2, -0.15) is 0 Å². The van der Waals surface area contributed by atoms with Crippen LogP contribution in [0, 0.1) is 0 Å². The largest absolute Gasteiger partial charge is 0.496 e. The van der Waals surface area contributed by atoms with Crippen LogP contribution in [0.2, 0.25) is 0 Å². The van der Waals surface area contributed by atoms with E-state index in [0.717, 1.165) is 11.1 Å². The lowest BCUT2D eigenvalue weighted by atomic mass is 9.98. The molecule has 0 saturated carbocycles. The molecule has 2 aromatic carbocycles. The molecule has 0 aliphatic rings. The van der Waals surface area contributed by atoms with Gasteiger partial charge in [-0.3, -0.25) is 4.79 Å². The maximum absolute atomic E-state index is 12.7. The number of fused-ring (bicyclic) bond motifs is 1. The Morgan fingerprint density at radius 3 is 2.50 bits per heavy atom. The van der Waals surface area contributed by atoms with E-state index in [-0.39, 0.29) is 24.1 Å². The van der Waals surface area contributed by atoms with Gasteiger partial charge in [0.25, 0.3) is 5.91 Å². The van der Waals surface area contributed by atoms with Crippen molar-refractivity contribution in [3.8, 4) is 5.75 Å². The molecule has 1 heterocycles. The van der Waals surface area contributed by atoms with E-state index in [2.05, 4.69) is 5.32 Å². The average Bonchev–Trinajstić information content (AvgIpc) is 2.73. The van der Waals surface area contributed by atoms with Crippen LogP contribution in [-0.4, -0.2) is 30.8 Å². The lowest BCUT2D eigenvalue weighted by Crippen LogP contribution is -2.26. The number of rotatable bonds is 7. The maximum atomic E-state index is 12.7. The van der Waals surface area contributed by atoms with Crippen LogP contribution in [0.5, 0.6) is 5.75 Å². The number of amides is 1.